The first kappa shape index (κ1) is 27.9. The van der Waals surface area contributed by atoms with E-state index in [0.717, 1.165) is 19.3 Å². The highest BCUT2D eigenvalue weighted by Gasteiger charge is 2.05. The first-order valence-corrected chi connectivity index (χ1v) is 13.2. The van der Waals surface area contributed by atoms with Gasteiger partial charge in [-0.05, 0) is 25.7 Å². The predicted molar refractivity (Wildman–Crippen MR) is 129 cm³/mol. The summed E-state index contributed by atoms with van der Waals surface area (Å²) in [6, 6.07) is 0.727. The first-order chi connectivity index (χ1) is 13.7. The van der Waals surface area contributed by atoms with Crippen molar-refractivity contribution >= 4 is 0 Å². The summed E-state index contributed by atoms with van der Waals surface area (Å²) in [5, 5.41) is 0. The van der Waals surface area contributed by atoms with E-state index in [9.17, 15) is 0 Å². The van der Waals surface area contributed by atoms with Crippen LogP contribution in [0, 0.1) is 0 Å². The van der Waals surface area contributed by atoms with Crippen molar-refractivity contribution in [2.24, 2.45) is 11.5 Å². The van der Waals surface area contributed by atoms with E-state index < -0.39 is 0 Å². The molecular weight excluding hydrogens is 340 g/mol. The van der Waals surface area contributed by atoms with Crippen LogP contribution in [0.4, 0.5) is 0 Å². The number of rotatable bonds is 23. The maximum absolute atomic E-state index is 6.19. The molecule has 0 spiro atoms. The normalized spacial score (nSPS) is 13.7. The van der Waals surface area contributed by atoms with Gasteiger partial charge in [0.1, 0.15) is 0 Å². The zero-order chi connectivity index (χ0) is 20.7. The standard InChI is InChI=1S/C26H56N2/c1-3-5-6-7-8-9-10-11-12-13-14-15-16-17-18-19-20-21-22-26(28)24-23-25(27)4-2/h25-26H,3-24,27-28H2,1-2H3. The van der Waals surface area contributed by atoms with Crippen molar-refractivity contribution in [3.63, 3.8) is 0 Å². The summed E-state index contributed by atoms with van der Waals surface area (Å²) in [6.07, 6.45) is 30.3. The van der Waals surface area contributed by atoms with Gasteiger partial charge in [0.15, 0.2) is 0 Å². The van der Waals surface area contributed by atoms with Gasteiger partial charge in [-0.3, -0.25) is 0 Å². The zero-order valence-electron chi connectivity index (χ0n) is 19.9. The lowest BCUT2D eigenvalue weighted by Crippen LogP contribution is -2.25. The second kappa shape index (κ2) is 23.2. The van der Waals surface area contributed by atoms with Crippen LogP contribution in [0.15, 0.2) is 0 Å². The van der Waals surface area contributed by atoms with Crippen LogP contribution >= 0.6 is 0 Å². The van der Waals surface area contributed by atoms with E-state index in [1.807, 2.05) is 0 Å². The number of hydrogen-bond donors (Lipinski definition) is 2. The Kier molecular flexibility index (Phi) is 23.1. The van der Waals surface area contributed by atoms with Crippen LogP contribution in [0.5, 0.6) is 0 Å². The van der Waals surface area contributed by atoms with Crippen LogP contribution in [-0.2, 0) is 0 Å². The summed E-state index contributed by atoms with van der Waals surface area (Å²) in [6.45, 7) is 4.46. The van der Waals surface area contributed by atoms with Gasteiger partial charge in [-0.2, -0.15) is 0 Å². The van der Waals surface area contributed by atoms with Crippen molar-refractivity contribution in [3.8, 4) is 0 Å². The van der Waals surface area contributed by atoms with Crippen LogP contribution in [-0.4, -0.2) is 12.1 Å². The molecule has 0 aromatic carbocycles. The van der Waals surface area contributed by atoms with Crippen LogP contribution < -0.4 is 11.5 Å². The molecule has 0 bridgehead atoms. The lowest BCUT2D eigenvalue weighted by atomic mass is 9.99. The van der Waals surface area contributed by atoms with E-state index >= 15 is 0 Å². The Bertz CT molecular complexity index is 280. The molecule has 0 heterocycles. The fraction of sp³-hybridized carbons (Fsp3) is 1.00. The van der Waals surface area contributed by atoms with Gasteiger partial charge in [-0.15, -0.1) is 0 Å². The quantitative estimate of drug-likeness (QED) is 0.171. The number of unbranched alkanes of at least 4 members (excludes halogenated alkanes) is 17. The topological polar surface area (TPSA) is 52.0 Å². The molecular formula is C26H56N2. The predicted octanol–water partition coefficient (Wildman–Crippen LogP) is 8.26. The molecule has 0 aliphatic carbocycles. The molecule has 0 amide bonds. The van der Waals surface area contributed by atoms with Gasteiger partial charge >= 0.3 is 0 Å². The van der Waals surface area contributed by atoms with Crippen molar-refractivity contribution < 1.29 is 0 Å². The molecule has 0 aliphatic rings. The average Bonchev–Trinajstić information content (AvgIpc) is 2.71. The van der Waals surface area contributed by atoms with Gasteiger partial charge in [0.25, 0.3) is 0 Å². The first-order valence-electron chi connectivity index (χ1n) is 13.2. The Labute approximate surface area is 179 Å². The third-order valence-corrected chi connectivity index (χ3v) is 6.36. The highest BCUT2D eigenvalue weighted by molar-refractivity contribution is 4.66. The molecule has 2 atom stereocenters. The second-order valence-corrected chi connectivity index (χ2v) is 9.30. The van der Waals surface area contributed by atoms with Crippen molar-refractivity contribution in [3.05, 3.63) is 0 Å². The maximum atomic E-state index is 6.19. The molecule has 2 nitrogen and oxygen atoms in total. The summed E-state index contributed by atoms with van der Waals surface area (Å²) in [5.74, 6) is 0. The monoisotopic (exact) mass is 396 g/mol. The Morgan fingerprint density at radius 3 is 1.07 bits per heavy atom. The minimum Gasteiger partial charge on any atom is -0.328 e. The number of nitrogens with two attached hydrogens (primary N) is 2. The highest BCUT2D eigenvalue weighted by Crippen LogP contribution is 2.15. The van der Waals surface area contributed by atoms with E-state index in [-0.39, 0.29) is 0 Å². The molecule has 0 aromatic heterocycles. The summed E-state index contributed by atoms with van der Waals surface area (Å²) in [4.78, 5) is 0. The van der Waals surface area contributed by atoms with Crippen LogP contribution in [0.3, 0.4) is 0 Å². The van der Waals surface area contributed by atoms with E-state index in [0.29, 0.717) is 12.1 Å². The minimum absolute atomic E-state index is 0.353. The molecule has 0 saturated heterocycles. The van der Waals surface area contributed by atoms with E-state index in [1.165, 1.54) is 122 Å². The van der Waals surface area contributed by atoms with Gasteiger partial charge in [0.05, 0.1) is 0 Å². The Morgan fingerprint density at radius 2 is 0.714 bits per heavy atom. The van der Waals surface area contributed by atoms with E-state index in [1.54, 1.807) is 0 Å². The lowest BCUT2D eigenvalue weighted by Gasteiger charge is -2.14. The van der Waals surface area contributed by atoms with Crippen LogP contribution in [0.2, 0.25) is 0 Å². The Balaban J connectivity index is 3.10. The molecule has 0 fully saturated rings. The van der Waals surface area contributed by atoms with Crippen molar-refractivity contribution in [1.82, 2.24) is 0 Å². The average molecular weight is 397 g/mol. The van der Waals surface area contributed by atoms with Crippen molar-refractivity contribution in [2.45, 2.75) is 167 Å². The molecule has 0 aliphatic heterocycles. The molecule has 2 heteroatoms. The summed E-state index contributed by atoms with van der Waals surface area (Å²) >= 11 is 0. The second-order valence-electron chi connectivity index (χ2n) is 9.30. The van der Waals surface area contributed by atoms with Crippen LogP contribution in [0.1, 0.15) is 155 Å². The van der Waals surface area contributed by atoms with Gasteiger partial charge in [0.2, 0.25) is 0 Å². The fourth-order valence-electron chi connectivity index (χ4n) is 4.08. The Morgan fingerprint density at radius 1 is 0.393 bits per heavy atom. The number of hydrogen-bond acceptors (Lipinski definition) is 2. The largest absolute Gasteiger partial charge is 0.328 e. The van der Waals surface area contributed by atoms with Gasteiger partial charge < -0.3 is 11.5 Å². The molecule has 0 radical (unpaired) electrons. The molecule has 0 saturated carbocycles. The molecule has 0 aromatic rings. The third-order valence-electron chi connectivity index (χ3n) is 6.36. The minimum atomic E-state index is 0.353. The molecule has 4 N–H and O–H groups in total. The lowest BCUT2D eigenvalue weighted by molar-refractivity contribution is 0.466. The van der Waals surface area contributed by atoms with Crippen molar-refractivity contribution in [1.29, 1.82) is 0 Å². The maximum Gasteiger partial charge on any atom is 0.00394 e. The zero-order valence-corrected chi connectivity index (χ0v) is 19.9. The molecule has 2 unspecified atom stereocenters. The van der Waals surface area contributed by atoms with E-state index in [4.69, 9.17) is 11.5 Å². The SMILES string of the molecule is CCCCCCCCCCCCCCCCCCCCC(N)CCC(N)CC. The van der Waals surface area contributed by atoms with Crippen molar-refractivity contribution in [2.75, 3.05) is 0 Å². The summed E-state index contributed by atoms with van der Waals surface area (Å²) < 4.78 is 0. The van der Waals surface area contributed by atoms with E-state index in [2.05, 4.69) is 13.8 Å². The van der Waals surface area contributed by atoms with Gasteiger partial charge in [0, 0.05) is 12.1 Å². The summed E-state index contributed by atoms with van der Waals surface area (Å²) in [7, 11) is 0. The highest BCUT2D eigenvalue weighted by atomic mass is 14.6. The molecule has 0 rings (SSSR count). The van der Waals surface area contributed by atoms with Gasteiger partial charge in [-0.25, -0.2) is 0 Å². The molecule has 28 heavy (non-hydrogen) atoms. The molecule has 170 valence electrons. The smallest absolute Gasteiger partial charge is 0.00394 e. The fourth-order valence-corrected chi connectivity index (χ4v) is 4.08. The Hall–Kier alpha value is -0.0800. The summed E-state index contributed by atoms with van der Waals surface area (Å²) in [5.41, 5.74) is 12.2. The third kappa shape index (κ3) is 22.2. The van der Waals surface area contributed by atoms with Crippen LogP contribution in [0.25, 0.3) is 0 Å². The van der Waals surface area contributed by atoms with Gasteiger partial charge in [-0.1, -0.05) is 129 Å².